The number of likely N-dealkylation sites (N-methyl/N-ethyl adjacent to an activating group) is 1. The zero-order valence-electron chi connectivity index (χ0n) is 19.2. The number of imidazole rings is 1. The fourth-order valence-corrected chi connectivity index (χ4v) is 7.20. The van der Waals surface area contributed by atoms with E-state index in [1.807, 2.05) is 22.9 Å². The van der Waals surface area contributed by atoms with Gasteiger partial charge in [-0.2, -0.15) is 0 Å². The first-order valence-electron chi connectivity index (χ1n) is 12.0. The molecule has 3 aliphatic rings. The van der Waals surface area contributed by atoms with Gasteiger partial charge < -0.3 is 9.30 Å². The third kappa shape index (κ3) is 2.80. The molecule has 0 spiro atoms. The minimum Gasteiger partial charge on any atom is -0.329 e. The molecule has 5 atom stereocenters. The lowest BCUT2D eigenvalue weighted by atomic mass is 9.64. The minimum atomic E-state index is 0.103. The Balaban J connectivity index is 1.45. The van der Waals surface area contributed by atoms with Crippen molar-refractivity contribution in [1.82, 2.24) is 19.2 Å². The van der Waals surface area contributed by atoms with Crippen molar-refractivity contribution in [3.8, 4) is 0 Å². The van der Waals surface area contributed by atoms with Gasteiger partial charge in [-0.1, -0.05) is 43.3 Å². The number of piperidine rings is 1. The molecule has 32 heavy (non-hydrogen) atoms. The van der Waals surface area contributed by atoms with E-state index in [4.69, 9.17) is 4.98 Å². The van der Waals surface area contributed by atoms with Crippen molar-refractivity contribution in [2.45, 2.75) is 70.1 Å². The van der Waals surface area contributed by atoms with Crippen molar-refractivity contribution >= 4 is 11.6 Å². The van der Waals surface area contributed by atoms with Crippen molar-refractivity contribution in [3.05, 3.63) is 71.7 Å². The van der Waals surface area contributed by atoms with Crippen LogP contribution in [0.15, 0.2) is 54.9 Å². The summed E-state index contributed by atoms with van der Waals surface area (Å²) in [6.07, 6.45) is 9.52. The quantitative estimate of drug-likeness (QED) is 0.623. The molecule has 3 fully saturated rings. The van der Waals surface area contributed by atoms with Gasteiger partial charge in [-0.3, -0.25) is 9.69 Å². The number of carbonyl (C=O) groups is 1. The molecule has 5 nitrogen and oxygen atoms in total. The molecular formula is C27H32N4O. The highest BCUT2D eigenvalue weighted by Gasteiger charge is 2.62. The highest BCUT2D eigenvalue weighted by atomic mass is 16.2. The van der Waals surface area contributed by atoms with Crippen molar-refractivity contribution in [3.63, 3.8) is 0 Å². The number of benzene rings is 1. The molecule has 0 radical (unpaired) electrons. The molecule has 2 saturated heterocycles. The molecule has 0 N–H and O–H groups in total. The highest BCUT2D eigenvalue weighted by molar-refractivity contribution is 5.94. The predicted octanol–water partition coefficient (Wildman–Crippen LogP) is 4.34. The minimum absolute atomic E-state index is 0.103. The van der Waals surface area contributed by atoms with E-state index in [0.717, 1.165) is 24.1 Å². The Bertz CT molecular complexity index is 1170. The van der Waals surface area contributed by atoms with E-state index in [2.05, 4.69) is 67.1 Å². The Kier molecular flexibility index (Phi) is 4.48. The average Bonchev–Trinajstić information content (AvgIpc) is 3.34. The van der Waals surface area contributed by atoms with Crippen LogP contribution >= 0.6 is 0 Å². The van der Waals surface area contributed by atoms with Crippen LogP contribution in [0.2, 0.25) is 0 Å². The summed E-state index contributed by atoms with van der Waals surface area (Å²) >= 11 is 0. The number of fused-ring (bicyclic) bond motifs is 2. The molecule has 2 aromatic heterocycles. The predicted molar refractivity (Wildman–Crippen MR) is 126 cm³/mol. The highest BCUT2D eigenvalue weighted by Crippen LogP contribution is 2.56. The molecule has 1 saturated carbocycles. The van der Waals surface area contributed by atoms with Crippen LogP contribution in [0, 0.1) is 12.3 Å². The summed E-state index contributed by atoms with van der Waals surface area (Å²) in [7, 11) is 2.29. The lowest BCUT2D eigenvalue weighted by molar-refractivity contribution is -0.0114. The Hall–Kier alpha value is -2.66. The number of pyridine rings is 1. The molecule has 2 aliphatic heterocycles. The monoisotopic (exact) mass is 428 g/mol. The second-order valence-corrected chi connectivity index (χ2v) is 10.4. The van der Waals surface area contributed by atoms with Gasteiger partial charge in [-0.25, -0.2) is 4.98 Å². The van der Waals surface area contributed by atoms with Gasteiger partial charge in [-0.05, 0) is 63.3 Å². The van der Waals surface area contributed by atoms with Crippen molar-refractivity contribution in [2.75, 3.05) is 7.05 Å². The van der Waals surface area contributed by atoms with Crippen molar-refractivity contribution < 1.29 is 4.79 Å². The summed E-state index contributed by atoms with van der Waals surface area (Å²) in [5.41, 5.74) is 4.01. The SMILES string of the molecule is Cc1cccn2cc(C(=O)N3[C@H](Cc4ccccc4)[C@@H]4C[C@@]5(C)[C@H](CCC[C@@H]35)N4C)nc12. The topological polar surface area (TPSA) is 40.9 Å². The van der Waals surface area contributed by atoms with Crippen LogP contribution in [-0.4, -0.2) is 56.3 Å². The third-order valence-electron chi connectivity index (χ3n) is 8.70. The van der Waals surface area contributed by atoms with Gasteiger partial charge in [0.1, 0.15) is 11.3 Å². The first-order valence-corrected chi connectivity index (χ1v) is 12.0. The molecule has 166 valence electrons. The van der Waals surface area contributed by atoms with Crippen molar-refractivity contribution in [2.24, 2.45) is 5.41 Å². The molecule has 0 unspecified atom stereocenters. The molecule has 6 rings (SSSR count). The maximum Gasteiger partial charge on any atom is 0.274 e. The number of nitrogens with zero attached hydrogens (tertiary/aromatic N) is 4. The van der Waals surface area contributed by atoms with E-state index < -0.39 is 0 Å². The van der Waals surface area contributed by atoms with E-state index in [1.54, 1.807) is 0 Å². The van der Waals surface area contributed by atoms with E-state index in [1.165, 1.54) is 24.8 Å². The molecular weight excluding hydrogens is 396 g/mol. The largest absolute Gasteiger partial charge is 0.329 e. The molecule has 2 bridgehead atoms. The summed E-state index contributed by atoms with van der Waals surface area (Å²) in [4.78, 5) is 23.9. The Morgan fingerprint density at radius 2 is 1.91 bits per heavy atom. The first kappa shape index (κ1) is 20.0. The maximum absolute atomic E-state index is 14.2. The molecule has 4 heterocycles. The molecule has 5 heteroatoms. The van der Waals surface area contributed by atoms with Crippen molar-refractivity contribution in [1.29, 1.82) is 0 Å². The van der Waals surface area contributed by atoms with Gasteiger partial charge >= 0.3 is 0 Å². The Morgan fingerprint density at radius 1 is 1.12 bits per heavy atom. The van der Waals surface area contributed by atoms with E-state index >= 15 is 0 Å². The number of hydrogen-bond acceptors (Lipinski definition) is 3. The van der Waals surface area contributed by atoms with Crippen LogP contribution < -0.4 is 0 Å². The normalized spacial score (nSPS) is 31.9. The molecule has 1 aromatic carbocycles. The third-order valence-corrected chi connectivity index (χ3v) is 8.70. The number of carbonyl (C=O) groups excluding carboxylic acids is 1. The summed E-state index contributed by atoms with van der Waals surface area (Å²) in [5.74, 6) is 0.103. The van der Waals surface area contributed by atoms with E-state index in [-0.39, 0.29) is 23.4 Å². The first-order chi connectivity index (χ1) is 15.5. The van der Waals surface area contributed by atoms with Gasteiger partial charge in [-0.15, -0.1) is 0 Å². The zero-order valence-corrected chi connectivity index (χ0v) is 19.2. The van der Waals surface area contributed by atoms with Gasteiger partial charge in [0.15, 0.2) is 0 Å². The number of hydrogen-bond donors (Lipinski definition) is 0. The van der Waals surface area contributed by atoms with Crippen LogP contribution in [0.4, 0.5) is 0 Å². The van der Waals surface area contributed by atoms with E-state index in [9.17, 15) is 4.79 Å². The van der Waals surface area contributed by atoms with Crippen LogP contribution in [0.3, 0.4) is 0 Å². The summed E-state index contributed by atoms with van der Waals surface area (Å²) in [5, 5.41) is 0. The van der Waals surface area contributed by atoms with Gasteiger partial charge in [0.2, 0.25) is 0 Å². The molecule has 1 amide bonds. The number of likely N-dealkylation sites (tertiary alicyclic amines) is 2. The lowest BCUT2D eigenvalue weighted by Gasteiger charge is -2.53. The number of rotatable bonds is 3. The van der Waals surface area contributed by atoms with Crippen LogP contribution in [0.5, 0.6) is 0 Å². The van der Waals surface area contributed by atoms with E-state index in [0.29, 0.717) is 17.8 Å². The van der Waals surface area contributed by atoms with Gasteiger partial charge in [0.05, 0.1) is 6.04 Å². The summed E-state index contributed by atoms with van der Waals surface area (Å²) in [6, 6.07) is 16.1. The number of aryl methyl sites for hydroxylation is 1. The smallest absolute Gasteiger partial charge is 0.274 e. The zero-order chi connectivity index (χ0) is 22.0. The number of amides is 1. The maximum atomic E-state index is 14.2. The molecule has 3 aromatic rings. The van der Waals surface area contributed by atoms with Crippen LogP contribution in [-0.2, 0) is 6.42 Å². The molecule has 1 aliphatic carbocycles. The average molecular weight is 429 g/mol. The number of aromatic nitrogens is 2. The fraction of sp³-hybridized carbons (Fsp3) is 0.481. The van der Waals surface area contributed by atoms with Gasteiger partial charge in [0, 0.05) is 35.9 Å². The lowest BCUT2D eigenvalue weighted by Crippen LogP contribution is -2.62. The van der Waals surface area contributed by atoms with Crippen LogP contribution in [0.25, 0.3) is 5.65 Å². The van der Waals surface area contributed by atoms with Gasteiger partial charge in [0.25, 0.3) is 5.91 Å². The summed E-state index contributed by atoms with van der Waals surface area (Å²) < 4.78 is 1.99. The standard InChI is InChI=1S/C27H32N4O/c1-18-9-8-14-30-17-20(28-25(18)30)26(32)31-21(15-19-10-5-4-6-11-19)22-16-27(2)23(29(22)3)12-7-13-24(27)31/h4-6,8-11,14,17,21-24H,7,12-13,15-16H2,1-3H3/t21-,22+,23+,24-,27+/m1/s1. The summed E-state index contributed by atoms with van der Waals surface area (Å²) in [6.45, 7) is 4.49. The van der Waals surface area contributed by atoms with Crippen LogP contribution in [0.1, 0.15) is 54.2 Å². The Morgan fingerprint density at radius 3 is 2.69 bits per heavy atom. The Labute approximate surface area is 190 Å². The second-order valence-electron chi connectivity index (χ2n) is 10.4. The second kappa shape index (κ2) is 7.17. The fourth-order valence-electron chi connectivity index (χ4n) is 7.20.